The van der Waals surface area contributed by atoms with Crippen LogP contribution in [0.2, 0.25) is 0 Å². The topological polar surface area (TPSA) is 97.3 Å². The third-order valence-corrected chi connectivity index (χ3v) is 9.60. The summed E-state index contributed by atoms with van der Waals surface area (Å²) in [4.78, 5) is 11.6. The van der Waals surface area contributed by atoms with E-state index in [4.69, 9.17) is 14.2 Å². The van der Waals surface area contributed by atoms with Crippen molar-refractivity contribution >= 4 is 22.2 Å². The summed E-state index contributed by atoms with van der Waals surface area (Å²) >= 11 is 0. The number of carbonyl (C=O) groups is 1. The Hall–Kier alpha value is -3.11. The highest BCUT2D eigenvalue weighted by atomic mass is 32.3. The first-order valence-electron chi connectivity index (χ1n) is 14.3. The second-order valence-corrected chi connectivity index (χ2v) is 13.4. The lowest BCUT2D eigenvalue weighted by Crippen LogP contribution is -2.44. The van der Waals surface area contributed by atoms with Gasteiger partial charge in [0.1, 0.15) is 23.8 Å². The molecule has 0 aromatic heterocycles. The average Bonchev–Trinajstić information content (AvgIpc) is 2.95. The molecular weight excluding hydrogens is 557 g/mol. The van der Waals surface area contributed by atoms with E-state index < -0.39 is 16.2 Å². The van der Waals surface area contributed by atoms with Crippen LogP contribution in [0.4, 0.5) is 10.1 Å². The molecule has 0 atom stereocenters. The minimum absolute atomic E-state index is 0.154. The summed E-state index contributed by atoms with van der Waals surface area (Å²) in [5, 5.41) is 3.30. The lowest BCUT2D eigenvalue weighted by atomic mass is 9.94. The zero-order valence-corrected chi connectivity index (χ0v) is 25.7. The number of aryl methyl sites for hydroxylation is 3. The van der Waals surface area contributed by atoms with Crippen molar-refractivity contribution in [3.8, 4) is 16.9 Å². The van der Waals surface area contributed by atoms with E-state index in [2.05, 4.69) is 31.3 Å². The zero-order chi connectivity index (χ0) is 30.3. The molecule has 228 valence electrons. The minimum atomic E-state index is -2.50. The van der Waals surface area contributed by atoms with Crippen LogP contribution in [-0.4, -0.2) is 52.5 Å². The van der Waals surface area contributed by atoms with Gasteiger partial charge in [-0.25, -0.2) is 4.39 Å². The van der Waals surface area contributed by atoms with E-state index in [0.717, 1.165) is 33.6 Å². The van der Waals surface area contributed by atoms with Crippen LogP contribution in [0.1, 0.15) is 48.4 Å². The monoisotopic (exact) mass is 599 g/mol. The van der Waals surface area contributed by atoms with Gasteiger partial charge in [0, 0.05) is 37.3 Å². The minimum Gasteiger partial charge on any atom is -0.491 e. The summed E-state index contributed by atoms with van der Waals surface area (Å²) in [7, 11) is -0.847. The Kier molecular flexibility index (Phi) is 10.5. The van der Waals surface area contributed by atoms with Crippen molar-refractivity contribution in [2.24, 2.45) is 0 Å². The van der Waals surface area contributed by atoms with Gasteiger partial charge in [-0.1, -0.05) is 24.3 Å². The van der Waals surface area contributed by atoms with Crippen molar-refractivity contribution in [3.63, 3.8) is 0 Å². The van der Waals surface area contributed by atoms with Crippen molar-refractivity contribution < 1.29 is 32.5 Å². The Balaban J connectivity index is 1.39. The number of esters is 1. The van der Waals surface area contributed by atoms with Gasteiger partial charge in [0.15, 0.2) is 0 Å². The summed E-state index contributed by atoms with van der Waals surface area (Å²) in [6.45, 7) is 7.08. The molecule has 1 aliphatic heterocycles. The maximum absolute atomic E-state index is 14.6. The second kappa shape index (κ2) is 13.9. The molecule has 0 amide bonds. The normalized spacial score (nSPS) is 16.5. The summed E-state index contributed by atoms with van der Waals surface area (Å²) in [5.41, 5.74) is 6.09. The number of hydrogen-bond acceptors (Lipinski definition) is 7. The molecule has 4 rings (SSSR count). The van der Waals surface area contributed by atoms with Crippen molar-refractivity contribution in [2.75, 3.05) is 37.1 Å². The van der Waals surface area contributed by atoms with Crippen LogP contribution in [0.25, 0.3) is 11.1 Å². The molecule has 0 spiro atoms. The number of anilines is 1. The van der Waals surface area contributed by atoms with Crippen LogP contribution in [0.15, 0.2) is 54.6 Å². The Morgan fingerprint density at radius 2 is 1.76 bits per heavy atom. The highest BCUT2D eigenvalue weighted by Crippen LogP contribution is 2.48. The van der Waals surface area contributed by atoms with E-state index in [-0.39, 0.29) is 18.2 Å². The lowest BCUT2D eigenvalue weighted by molar-refractivity contribution is -0.143. The fraction of sp³-hybridized carbons (Fsp3) is 0.424. The molecule has 1 saturated heterocycles. The van der Waals surface area contributed by atoms with Gasteiger partial charge in [0.05, 0.1) is 6.61 Å². The molecule has 0 saturated carbocycles. The van der Waals surface area contributed by atoms with Gasteiger partial charge in [-0.2, -0.15) is 10.6 Å². The van der Waals surface area contributed by atoms with E-state index in [1.165, 1.54) is 6.07 Å². The number of rotatable bonds is 12. The molecule has 1 fully saturated rings. The molecule has 3 aromatic rings. The molecule has 7 nitrogen and oxygen atoms in total. The van der Waals surface area contributed by atoms with Crippen molar-refractivity contribution in [1.82, 2.24) is 0 Å². The van der Waals surface area contributed by atoms with Crippen LogP contribution in [0.5, 0.6) is 5.75 Å². The Labute approximate surface area is 249 Å². The van der Waals surface area contributed by atoms with Crippen LogP contribution in [0.3, 0.4) is 0 Å². The molecule has 0 aliphatic carbocycles. The number of nitrogens with one attached hydrogen (secondary N) is 1. The maximum atomic E-state index is 14.6. The van der Waals surface area contributed by atoms with Gasteiger partial charge in [0.25, 0.3) is 0 Å². The van der Waals surface area contributed by atoms with Gasteiger partial charge in [-0.05, 0) is 104 Å². The van der Waals surface area contributed by atoms with Crippen molar-refractivity contribution in [1.29, 1.82) is 0 Å². The zero-order valence-electron chi connectivity index (χ0n) is 24.9. The van der Waals surface area contributed by atoms with E-state index in [1.807, 2.05) is 30.3 Å². The molecule has 0 radical (unpaired) electrons. The Morgan fingerprint density at radius 3 is 2.40 bits per heavy atom. The first-order valence-corrected chi connectivity index (χ1v) is 16.2. The predicted molar refractivity (Wildman–Crippen MR) is 167 cm³/mol. The molecule has 3 N–H and O–H groups in total. The van der Waals surface area contributed by atoms with E-state index in [1.54, 1.807) is 20.1 Å². The largest absolute Gasteiger partial charge is 0.491 e. The second-order valence-electron chi connectivity index (χ2n) is 11.0. The molecular formula is C33H42FNO6S. The van der Waals surface area contributed by atoms with Crippen LogP contribution in [-0.2, 0) is 27.2 Å². The Morgan fingerprint density at radius 1 is 1.05 bits per heavy atom. The van der Waals surface area contributed by atoms with Crippen LogP contribution < -0.4 is 10.1 Å². The first kappa shape index (κ1) is 31.8. The van der Waals surface area contributed by atoms with Crippen LogP contribution in [0, 0.1) is 19.7 Å². The summed E-state index contributed by atoms with van der Waals surface area (Å²) in [6, 6.07) is 17.3. The van der Waals surface area contributed by atoms with Crippen molar-refractivity contribution in [2.45, 2.75) is 58.6 Å². The van der Waals surface area contributed by atoms with E-state index in [0.29, 0.717) is 61.8 Å². The highest BCUT2D eigenvalue weighted by molar-refractivity contribution is 8.24. The molecule has 1 aliphatic rings. The molecule has 0 unspecified atom stereocenters. The third-order valence-electron chi connectivity index (χ3n) is 7.88. The summed E-state index contributed by atoms with van der Waals surface area (Å²) in [5.74, 6) is 0.762. The van der Waals surface area contributed by atoms with E-state index >= 15 is 0 Å². The maximum Gasteiger partial charge on any atom is 0.306 e. The fourth-order valence-electron chi connectivity index (χ4n) is 5.38. The molecule has 1 heterocycles. The molecule has 0 bridgehead atoms. The lowest BCUT2D eigenvalue weighted by Gasteiger charge is -2.45. The van der Waals surface area contributed by atoms with Gasteiger partial charge in [-0.3, -0.25) is 13.9 Å². The number of carbonyl (C=O) groups excluding carboxylic acids is 1. The quantitative estimate of drug-likeness (QED) is 0.185. The summed E-state index contributed by atoms with van der Waals surface area (Å²) < 4.78 is 51.5. The number of hydrogen-bond donors (Lipinski definition) is 3. The predicted octanol–water partition coefficient (Wildman–Crippen LogP) is 7.53. The number of ether oxygens (including phenoxy) is 3. The van der Waals surface area contributed by atoms with Crippen molar-refractivity contribution in [3.05, 3.63) is 82.7 Å². The smallest absolute Gasteiger partial charge is 0.306 e. The number of halogens is 1. The molecule has 42 heavy (non-hydrogen) atoms. The SMILES string of the molecule is CCOC(=O)CCc1ccc(NCc2cccc(-c3c(C)cc(OCC4(OC)CCS(O)(O)CC4)cc3C)c2)cc1F. The van der Waals surface area contributed by atoms with Gasteiger partial charge in [-0.15, -0.1) is 0 Å². The van der Waals surface area contributed by atoms with Gasteiger partial charge < -0.3 is 19.5 Å². The van der Waals surface area contributed by atoms with Crippen LogP contribution >= 0.6 is 10.6 Å². The Bertz CT molecular complexity index is 1360. The molecule has 9 heteroatoms. The highest BCUT2D eigenvalue weighted by Gasteiger charge is 2.38. The van der Waals surface area contributed by atoms with E-state index in [9.17, 15) is 18.3 Å². The number of methoxy groups -OCH3 is 1. The standard InChI is InChI=1S/C33H42FNO6S/c1-5-40-31(36)12-10-26-9-11-28(20-30(26)34)35-21-25-7-6-8-27(19-25)32-23(2)17-29(18-24(32)3)41-22-33(39-4)13-15-42(37,38)16-14-33/h6-9,11,17-20,35,37-38H,5,10,12-16,21-22H2,1-4H3. The van der Waals surface area contributed by atoms with Gasteiger partial charge >= 0.3 is 5.97 Å². The first-order chi connectivity index (χ1) is 20.0. The average molecular weight is 600 g/mol. The summed E-state index contributed by atoms with van der Waals surface area (Å²) in [6.07, 6.45) is 1.56. The third kappa shape index (κ3) is 8.25. The van der Waals surface area contributed by atoms with Gasteiger partial charge in [0.2, 0.25) is 0 Å². The fourth-order valence-corrected chi connectivity index (χ4v) is 6.98. The molecule has 3 aromatic carbocycles. The number of benzene rings is 3.